The van der Waals surface area contributed by atoms with Crippen LogP contribution in [0.15, 0.2) is 24.3 Å². The Balaban J connectivity index is 1.75. The van der Waals surface area contributed by atoms with Crippen LogP contribution in [0.5, 0.6) is 0 Å². The van der Waals surface area contributed by atoms with Crippen molar-refractivity contribution in [3.63, 3.8) is 0 Å². The van der Waals surface area contributed by atoms with Gasteiger partial charge in [0.1, 0.15) is 0 Å². The van der Waals surface area contributed by atoms with Crippen molar-refractivity contribution in [3.8, 4) is 0 Å². The lowest BCUT2D eigenvalue weighted by Gasteiger charge is -2.21. The molecule has 0 amide bonds. The van der Waals surface area contributed by atoms with Gasteiger partial charge in [-0.25, -0.2) is 0 Å². The fourth-order valence-corrected chi connectivity index (χ4v) is 2.87. The van der Waals surface area contributed by atoms with Gasteiger partial charge in [0.05, 0.1) is 6.61 Å². The van der Waals surface area contributed by atoms with Crippen molar-refractivity contribution in [2.45, 2.75) is 58.5 Å². The van der Waals surface area contributed by atoms with E-state index in [1.807, 2.05) is 6.92 Å². The molecule has 18 heavy (non-hydrogen) atoms. The molecule has 0 bridgehead atoms. The van der Waals surface area contributed by atoms with E-state index in [9.17, 15) is 0 Å². The number of hydrogen-bond acceptors (Lipinski definition) is 1. The molecule has 1 saturated carbocycles. The highest BCUT2D eigenvalue weighted by atomic mass is 16.5. The zero-order valence-electron chi connectivity index (χ0n) is 11.7. The summed E-state index contributed by atoms with van der Waals surface area (Å²) in [6, 6.07) is 8.98. The molecule has 2 rings (SSSR count). The number of benzene rings is 1. The molecular formula is C17H26O. The summed E-state index contributed by atoms with van der Waals surface area (Å²) in [5, 5.41) is 0. The number of rotatable bonds is 6. The lowest BCUT2D eigenvalue weighted by Crippen LogP contribution is -2.07. The maximum atomic E-state index is 5.41. The normalized spacial score (nSPS) is 16.9. The molecule has 0 saturated heterocycles. The molecule has 0 heterocycles. The SMILES string of the molecule is CCOCc1ccc(CCC2CCCCC2)cc1. The molecule has 0 radical (unpaired) electrons. The first-order valence-corrected chi connectivity index (χ1v) is 7.54. The van der Waals surface area contributed by atoms with Crippen LogP contribution in [0, 0.1) is 5.92 Å². The van der Waals surface area contributed by atoms with E-state index in [-0.39, 0.29) is 0 Å². The molecule has 1 fully saturated rings. The third-order valence-corrected chi connectivity index (χ3v) is 4.06. The van der Waals surface area contributed by atoms with Gasteiger partial charge < -0.3 is 4.74 Å². The molecule has 1 aromatic carbocycles. The van der Waals surface area contributed by atoms with Gasteiger partial charge in [0.25, 0.3) is 0 Å². The number of hydrogen-bond donors (Lipinski definition) is 0. The summed E-state index contributed by atoms with van der Waals surface area (Å²) in [5.74, 6) is 0.988. The largest absolute Gasteiger partial charge is 0.377 e. The minimum Gasteiger partial charge on any atom is -0.377 e. The molecule has 0 aromatic heterocycles. The Bertz CT molecular complexity index is 322. The molecule has 1 nitrogen and oxygen atoms in total. The van der Waals surface area contributed by atoms with Crippen LogP contribution in [-0.4, -0.2) is 6.61 Å². The fourth-order valence-electron chi connectivity index (χ4n) is 2.87. The van der Waals surface area contributed by atoms with Crippen LogP contribution < -0.4 is 0 Å². The highest BCUT2D eigenvalue weighted by molar-refractivity contribution is 5.22. The maximum Gasteiger partial charge on any atom is 0.0716 e. The zero-order chi connectivity index (χ0) is 12.6. The Labute approximate surface area is 112 Å². The number of ether oxygens (including phenoxy) is 1. The van der Waals surface area contributed by atoms with E-state index in [0.717, 1.165) is 19.1 Å². The minimum atomic E-state index is 0.749. The molecule has 1 heteroatoms. The van der Waals surface area contributed by atoms with Gasteiger partial charge >= 0.3 is 0 Å². The lowest BCUT2D eigenvalue weighted by atomic mass is 9.85. The van der Waals surface area contributed by atoms with Crippen molar-refractivity contribution in [2.24, 2.45) is 5.92 Å². The predicted octanol–water partition coefficient (Wildman–Crippen LogP) is 4.74. The highest BCUT2D eigenvalue weighted by Crippen LogP contribution is 2.27. The molecule has 0 atom stereocenters. The van der Waals surface area contributed by atoms with Crippen molar-refractivity contribution >= 4 is 0 Å². The minimum absolute atomic E-state index is 0.749. The smallest absolute Gasteiger partial charge is 0.0716 e. The van der Waals surface area contributed by atoms with E-state index < -0.39 is 0 Å². The standard InChI is InChI=1S/C17H26O/c1-2-18-14-17-12-10-16(11-13-17)9-8-15-6-4-3-5-7-15/h10-13,15H,2-9,14H2,1H3. The molecule has 0 spiro atoms. The van der Waals surface area contributed by atoms with Crippen LogP contribution in [0.4, 0.5) is 0 Å². The van der Waals surface area contributed by atoms with Crippen molar-refractivity contribution in [2.75, 3.05) is 6.61 Å². The van der Waals surface area contributed by atoms with Crippen LogP contribution in [0.3, 0.4) is 0 Å². The molecule has 1 aliphatic rings. The van der Waals surface area contributed by atoms with Crippen LogP contribution in [0.25, 0.3) is 0 Å². The maximum absolute atomic E-state index is 5.41. The Morgan fingerprint density at radius 2 is 1.67 bits per heavy atom. The van der Waals surface area contributed by atoms with E-state index in [1.54, 1.807) is 0 Å². The van der Waals surface area contributed by atoms with Gasteiger partial charge in [-0.15, -0.1) is 0 Å². The Morgan fingerprint density at radius 1 is 1.00 bits per heavy atom. The van der Waals surface area contributed by atoms with Crippen LogP contribution >= 0.6 is 0 Å². The molecule has 0 unspecified atom stereocenters. The van der Waals surface area contributed by atoms with Gasteiger partial charge in [-0.05, 0) is 36.8 Å². The average molecular weight is 246 g/mol. The zero-order valence-corrected chi connectivity index (χ0v) is 11.7. The third kappa shape index (κ3) is 4.45. The first-order valence-electron chi connectivity index (χ1n) is 7.54. The van der Waals surface area contributed by atoms with E-state index in [1.165, 1.54) is 56.1 Å². The summed E-state index contributed by atoms with van der Waals surface area (Å²) in [6.45, 7) is 3.58. The first-order chi connectivity index (χ1) is 8.88. The Morgan fingerprint density at radius 3 is 2.33 bits per heavy atom. The highest BCUT2D eigenvalue weighted by Gasteiger charge is 2.12. The summed E-state index contributed by atoms with van der Waals surface area (Å²) in [5.41, 5.74) is 2.78. The summed E-state index contributed by atoms with van der Waals surface area (Å²) in [4.78, 5) is 0. The quantitative estimate of drug-likeness (QED) is 0.704. The van der Waals surface area contributed by atoms with Crippen LogP contribution in [-0.2, 0) is 17.8 Å². The van der Waals surface area contributed by atoms with Crippen LogP contribution in [0.2, 0.25) is 0 Å². The second kappa shape index (κ2) is 7.58. The first kappa shape index (κ1) is 13.6. The summed E-state index contributed by atoms with van der Waals surface area (Å²) >= 11 is 0. The van der Waals surface area contributed by atoms with Gasteiger partial charge in [-0.1, -0.05) is 56.4 Å². The van der Waals surface area contributed by atoms with Gasteiger partial charge in [0.2, 0.25) is 0 Å². The Kier molecular flexibility index (Phi) is 5.73. The second-order valence-electron chi connectivity index (χ2n) is 5.50. The molecule has 0 N–H and O–H groups in total. The van der Waals surface area contributed by atoms with Crippen LogP contribution in [0.1, 0.15) is 56.6 Å². The number of aryl methyl sites for hydroxylation is 1. The van der Waals surface area contributed by atoms with Crippen molar-refractivity contribution < 1.29 is 4.74 Å². The second-order valence-corrected chi connectivity index (χ2v) is 5.50. The summed E-state index contributed by atoms with van der Waals surface area (Å²) in [6.07, 6.45) is 9.92. The van der Waals surface area contributed by atoms with Crippen molar-refractivity contribution in [1.82, 2.24) is 0 Å². The third-order valence-electron chi connectivity index (χ3n) is 4.06. The van der Waals surface area contributed by atoms with Gasteiger partial charge in [0, 0.05) is 6.61 Å². The molecular weight excluding hydrogens is 220 g/mol. The van der Waals surface area contributed by atoms with E-state index in [2.05, 4.69) is 24.3 Å². The van der Waals surface area contributed by atoms with Crippen molar-refractivity contribution in [1.29, 1.82) is 0 Å². The van der Waals surface area contributed by atoms with Crippen molar-refractivity contribution in [3.05, 3.63) is 35.4 Å². The van der Waals surface area contributed by atoms with Gasteiger partial charge in [0.15, 0.2) is 0 Å². The average Bonchev–Trinajstić information content (AvgIpc) is 2.45. The summed E-state index contributed by atoms with van der Waals surface area (Å²) in [7, 11) is 0. The predicted molar refractivity (Wildman–Crippen MR) is 76.7 cm³/mol. The lowest BCUT2D eigenvalue weighted by molar-refractivity contribution is 0.134. The molecule has 1 aromatic rings. The molecule has 100 valence electrons. The van der Waals surface area contributed by atoms with Gasteiger partial charge in [-0.3, -0.25) is 0 Å². The van der Waals surface area contributed by atoms with E-state index >= 15 is 0 Å². The molecule has 0 aliphatic heterocycles. The molecule has 1 aliphatic carbocycles. The van der Waals surface area contributed by atoms with Gasteiger partial charge in [-0.2, -0.15) is 0 Å². The topological polar surface area (TPSA) is 9.23 Å². The summed E-state index contributed by atoms with van der Waals surface area (Å²) < 4.78 is 5.41. The Hall–Kier alpha value is -0.820. The fraction of sp³-hybridized carbons (Fsp3) is 0.647. The van der Waals surface area contributed by atoms with E-state index in [4.69, 9.17) is 4.74 Å². The monoisotopic (exact) mass is 246 g/mol. The van der Waals surface area contributed by atoms with E-state index in [0.29, 0.717) is 0 Å².